The van der Waals surface area contributed by atoms with Crippen molar-refractivity contribution < 1.29 is 10.2 Å². The predicted molar refractivity (Wildman–Crippen MR) is 51.9 cm³/mol. The van der Waals surface area contributed by atoms with Crippen LogP contribution < -0.4 is 5.32 Å². The van der Waals surface area contributed by atoms with Crippen molar-refractivity contribution in [2.24, 2.45) is 0 Å². The highest BCUT2D eigenvalue weighted by atomic mass is 16.3. The van der Waals surface area contributed by atoms with Gasteiger partial charge in [-0.15, -0.1) is 0 Å². The maximum Gasteiger partial charge on any atom is 0.124 e. The molecule has 0 heterocycles. The van der Waals surface area contributed by atoms with Crippen LogP contribution in [0, 0.1) is 0 Å². The summed E-state index contributed by atoms with van der Waals surface area (Å²) in [6, 6.07) is 4.61. The van der Waals surface area contributed by atoms with Crippen LogP contribution in [0.5, 0.6) is 11.5 Å². The Kier molecular flexibility index (Phi) is 2.48. The van der Waals surface area contributed by atoms with Gasteiger partial charge < -0.3 is 15.5 Å². The summed E-state index contributed by atoms with van der Waals surface area (Å²) in [5.41, 5.74) is 0.477. The van der Waals surface area contributed by atoms with Gasteiger partial charge >= 0.3 is 0 Å². The van der Waals surface area contributed by atoms with Crippen LogP contribution in [0.2, 0.25) is 0 Å². The number of nitrogens with one attached hydrogen (secondary N) is 1. The first kappa shape index (κ1) is 9.86. The van der Waals surface area contributed by atoms with Crippen molar-refractivity contribution in [2.45, 2.75) is 19.4 Å². The van der Waals surface area contributed by atoms with Crippen molar-refractivity contribution in [3.63, 3.8) is 0 Å². The summed E-state index contributed by atoms with van der Waals surface area (Å²) in [5.74, 6) is 0.188. The van der Waals surface area contributed by atoms with Crippen LogP contribution in [-0.4, -0.2) is 17.3 Å². The Hall–Kier alpha value is -1.22. The summed E-state index contributed by atoms with van der Waals surface area (Å²) < 4.78 is 0. The first-order valence-electron chi connectivity index (χ1n) is 4.19. The van der Waals surface area contributed by atoms with Crippen molar-refractivity contribution in [2.75, 3.05) is 7.05 Å². The fourth-order valence-corrected chi connectivity index (χ4v) is 1.18. The summed E-state index contributed by atoms with van der Waals surface area (Å²) in [6.07, 6.45) is 0. The number of rotatable bonds is 2. The Morgan fingerprint density at radius 1 is 1.23 bits per heavy atom. The summed E-state index contributed by atoms with van der Waals surface area (Å²) >= 11 is 0. The summed E-state index contributed by atoms with van der Waals surface area (Å²) in [6.45, 7) is 3.91. The van der Waals surface area contributed by atoms with Crippen LogP contribution in [0.4, 0.5) is 0 Å². The molecule has 0 radical (unpaired) electrons. The van der Waals surface area contributed by atoms with Crippen molar-refractivity contribution in [3.8, 4) is 11.5 Å². The normalized spacial score (nSPS) is 11.6. The molecule has 3 heteroatoms. The second-order valence-electron chi connectivity index (χ2n) is 3.58. The van der Waals surface area contributed by atoms with Gasteiger partial charge in [-0.3, -0.25) is 0 Å². The van der Waals surface area contributed by atoms with E-state index in [4.69, 9.17) is 5.11 Å². The Labute approximate surface area is 78.0 Å². The highest BCUT2D eigenvalue weighted by molar-refractivity contribution is 5.42. The lowest BCUT2D eigenvalue weighted by Gasteiger charge is -2.25. The molecule has 0 atom stereocenters. The van der Waals surface area contributed by atoms with Gasteiger partial charge in [-0.2, -0.15) is 0 Å². The Morgan fingerprint density at radius 2 is 1.85 bits per heavy atom. The largest absolute Gasteiger partial charge is 0.508 e. The van der Waals surface area contributed by atoms with Crippen molar-refractivity contribution in [1.29, 1.82) is 0 Å². The summed E-state index contributed by atoms with van der Waals surface area (Å²) in [4.78, 5) is 0. The van der Waals surface area contributed by atoms with Gasteiger partial charge in [-0.05, 0) is 33.0 Å². The number of phenols is 2. The third-order valence-electron chi connectivity index (χ3n) is 2.28. The minimum atomic E-state index is -0.294. The molecule has 0 aliphatic rings. The fourth-order valence-electron chi connectivity index (χ4n) is 1.18. The topological polar surface area (TPSA) is 52.5 Å². The predicted octanol–water partition coefficient (Wildman–Crippen LogP) is 1.55. The van der Waals surface area contributed by atoms with E-state index in [0.717, 1.165) is 5.56 Å². The highest BCUT2D eigenvalue weighted by Gasteiger charge is 2.21. The molecule has 1 aromatic carbocycles. The Morgan fingerprint density at radius 3 is 2.31 bits per heavy atom. The molecule has 0 saturated heterocycles. The highest BCUT2D eigenvalue weighted by Crippen LogP contribution is 2.30. The van der Waals surface area contributed by atoms with E-state index >= 15 is 0 Å². The van der Waals surface area contributed by atoms with Gasteiger partial charge in [0.1, 0.15) is 11.5 Å². The third kappa shape index (κ3) is 1.92. The van der Waals surface area contributed by atoms with Gasteiger partial charge in [0.05, 0.1) is 0 Å². The van der Waals surface area contributed by atoms with Crippen molar-refractivity contribution in [1.82, 2.24) is 5.32 Å². The Balaban J connectivity index is 3.16. The zero-order chi connectivity index (χ0) is 10.1. The molecule has 0 aliphatic carbocycles. The lowest BCUT2D eigenvalue weighted by molar-refractivity contribution is 0.395. The molecular weight excluding hydrogens is 166 g/mol. The summed E-state index contributed by atoms with van der Waals surface area (Å²) in [7, 11) is 1.83. The van der Waals surface area contributed by atoms with Crippen LogP contribution in [-0.2, 0) is 5.54 Å². The van der Waals surface area contributed by atoms with E-state index in [1.807, 2.05) is 20.9 Å². The van der Waals surface area contributed by atoms with E-state index < -0.39 is 0 Å². The van der Waals surface area contributed by atoms with Gasteiger partial charge in [-0.1, -0.05) is 0 Å². The number of hydrogen-bond acceptors (Lipinski definition) is 3. The van der Waals surface area contributed by atoms with Crippen LogP contribution in [0.15, 0.2) is 18.2 Å². The lowest BCUT2D eigenvalue weighted by Crippen LogP contribution is -2.33. The average Bonchev–Trinajstić information content (AvgIpc) is 2.03. The summed E-state index contributed by atoms with van der Waals surface area (Å²) in [5, 5.41) is 21.7. The van der Waals surface area contributed by atoms with E-state index in [1.165, 1.54) is 6.07 Å². The van der Waals surface area contributed by atoms with Gasteiger partial charge in [0.25, 0.3) is 0 Å². The van der Waals surface area contributed by atoms with Gasteiger partial charge in [0, 0.05) is 17.2 Å². The molecule has 13 heavy (non-hydrogen) atoms. The minimum absolute atomic E-state index is 0.0770. The molecule has 1 rings (SSSR count). The molecule has 72 valence electrons. The second kappa shape index (κ2) is 3.26. The number of phenolic OH excluding ortho intramolecular Hbond substituents is 2. The molecule has 0 aromatic heterocycles. The van der Waals surface area contributed by atoms with Crippen LogP contribution in [0.3, 0.4) is 0 Å². The maximum absolute atomic E-state index is 9.56. The molecule has 0 unspecified atom stereocenters. The zero-order valence-electron chi connectivity index (χ0n) is 8.13. The van der Waals surface area contributed by atoms with Gasteiger partial charge in [-0.25, -0.2) is 0 Å². The van der Waals surface area contributed by atoms with Crippen LogP contribution in [0.25, 0.3) is 0 Å². The first-order valence-corrected chi connectivity index (χ1v) is 4.19. The molecule has 0 spiro atoms. The number of benzene rings is 1. The number of hydrogen-bond donors (Lipinski definition) is 3. The molecule has 1 aromatic rings. The average molecular weight is 181 g/mol. The first-order chi connectivity index (χ1) is 5.97. The van der Waals surface area contributed by atoms with Crippen molar-refractivity contribution in [3.05, 3.63) is 23.8 Å². The lowest BCUT2D eigenvalue weighted by atomic mass is 9.93. The zero-order valence-corrected chi connectivity index (χ0v) is 8.13. The van der Waals surface area contributed by atoms with Gasteiger partial charge in [0.2, 0.25) is 0 Å². The van der Waals surface area contributed by atoms with E-state index in [1.54, 1.807) is 12.1 Å². The molecule has 3 N–H and O–H groups in total. The monoisotopic (exact) mass is 181 g/mol. The molecule has 3 nitrogen and oxygen atoms in total. The van der Waals surface area contributed by atoms with Gasteiger partial charge in [0.15, 0.2) is 0 Å². The molecule has 0 saturated carbocycles. The fraction of sp³-hybridized carbons (Fsp3) is 0.400. The second-order valence-corrected chi connectivity index (χ2v) is 3.58. The standard InChI is InChI=1S/C10H15NO2/c1-10(2,11-3)8-5-4-7(12)6-9(8)13/h4-6,11-13H,1-3H3. The third-order valence-corrected chi connectivity index (χ3v) is 2.28. The molecule has 0 aliphatic heterocycles. The quantitative estimate of drug-likeness (QED) is 0.649. The molecular formula is C10H15NO2. The maximum atomic E-state index is 9.56. The minimum Gasteiger partial charge on any atom is -0.508 e. The van der Waals surface area contributed by atoms with E-state index in [2.05, 4.69) is 5.32 Å². The molecule has 0 amide bonds. The van der Waals surface area contributed by atoms with E-state index in [-0.39, 0.29) is 17.0 Å². The van der Waals surface area contributed by atoms with Crippen LogP contribution in [0.1, 0.15) is 19.4 Å². The van der Waals surface area contributed by atoms with E-state index in [0.29, 0.717) is 0 Å². The SMILES string of the molecule is CNC(C)(C)c1ccc(O)cc1O. The molecule has 0 fully saturated rings. The number of aromatic hydroxyl groups is 2. The Bertz CT molecular complexity index is 308. The van der Waals surface area contributed by atoms with Crippen molar-refractivity contribution >= 4 is 0 Å². The smallest absolute Gasteiger partial charge is 0.124 e. The van der Waals surface area contributed by atoms with E-state index in [9.17, 15) is 5.11 Å². The van der Waals surface area contributed by atoms with Crippen LogP contribution >= 0.6 is 0 Å². The molecule has 0 bridgehead atoms.